The Morgan fingerprint density at radius 3 is 2.34 bits per heavy atom. The summed E-state index contributed by atoms with van der Waals surface area (Å²) in [5.41, 5.74) is 2.03. The lowest BCUT2D eigenvalue weighted by Crippen LogP contribution is -2.35. The van der Waals surface area contributed by atoms with Gasteiger partial charge in [-0.25, -0.2) is 12.7 Å². The maximum atomic E-state index is 13.3. The second-order valence-corrected chi connectivity index (χ2v) is 11.5. The number of aromatic nitrogens is 2. The molecule has 7 nitrogen and oxygen atoms in total. The van der Waals surface area contributed by atoms with Gasteiger partial charge in [0.15, 0.2) is 0 Å². The maximum absolute atomic E-state index is 13.3. The van der Waals surface area contributed by atoms with Gasteiger partial charge in [0.1, 0.15) is 11.4 Å². The normalized spacial score (nSPS) is 11.8. The lowest BCUT2D eigenvalue weighted by Gasteiger charge is -2.23. The van der Waals surface area contributed by atoms with Crippen molar-refractivity contribution in [1.82, 2.24) is 19.0 Å². The summed E-state index contributed by atoms with van der Waals surface area (Å²) in [5.74, 6) is -0.0913. The van der Waals surface area contributed by atoms with Gasteiger partial charge in [-0.1, -0.05) is 30.3 Å². The zero-order chi connectivity index (χ0) is 23.5. The van der Waals surface area contributed by atoms with Gasteiger partial charge in [-0.2, -0.15) is 5.10 Å². The van der Waals surface area contributed by atoms with Crippen molar-refractivity contribution < 1.29 is 13.2 Å². The fourth-order valence-corrected chi connectivity index (χ4v) is 5.74. The van der Waals surface area contributed by atoms with E-state index in [2.05, 4.69) is 23.3 Å². The molecule has 0 radical (unpaired) electrons. The molecule has 1 amide bonds. The van der Waals surface area contributed by atoms with Gasteiger partial charge in [0.25, 0.3) is 0 Å². The Morgan fingerprint density at radius 1 is 1.06 bits per heavy atom. The molecule has 2 aromatic heterocycles. The summed E-state index contributed by atoms with van der Waals surface area (Å²) in [7, 11) is -0.657. The third-order valence-electron chi connectivity index (χ3n) is 5.35. The van der Waals surface area contributed by atoms with E-state index in [-0.39, 0.29) is 17.3 Å². The third kappa shape index (κ3) is 5.46. The van der Waals surface area contributed by atoms with Crippen LogP contribution in [0.4, 0.5) is 0 Å². The highest BCUT2D eigenvalue weighted by atomic mass is 32.2. The molecule has 0 N–H and O–H groups in total. The predicted octanol–water partition coefficient (Wildman–Crippen LogP) is 3.39. The van der Waals surface area contributed by atoms with E-state index in [0.29, 0.717) is 24.5 Å². The fraction of sp³-hybridized carbons (Fsp3) is 0.391. The summed E-state index contributed by atoms with van der Waals surface area (Å²) in [6.07, 6.45) is 0.744. The van der Waals surface area contributed by atoms with Crippen LogP contribution in [0.3, 0.4) is 0 Å². The number of aryl methyl sites for hydroxylation is 2. The monoisotopic (exact) mass is 474 g/mol. The Labute approximate surface area is 194 Å². The van der Waals surface area contributed by atoms with Gasteiger partial charge in [-0.3, -0.25) is 9.48 Å². The van der Waals surface area contributed by atoms with Crippen LogP contribution >= 0.6 is 11.3 Å². The average Bonchev–Trinajstić information content (AvgIpc) is 3.27. The lowest BCUT2D eigenvalue weighted by molar-refractivity contribution is -0.132. The van der Waals surface area contributed by atoms with E-state index in [1.807, 2.05) is 36.1 Å². The van der Waals surface area contributed by atoms with Gasteiger partial charge in [0.05, 0.1) is 17.9 Å². The van der Waals surface area contributed by atoms with Gasteiger partial charge in [-0.05, 0) is 44.9 Å². The molecule has 1 aromatic carbocycles. The van der Waals surface area contributed by atoms with Crippen LogP contribution in [0.15, 0.2) is 47.4 Å². The van der Waals surface area contributed by atoms with E-state index < -0.39 is 10.0 Å². The molecule has 0 aliphatic heterocycles. The van der Waals surface area contributed by atoms with Crippen molar-refractivity contribution in [2.75, 3.05) is 20.6 Å². The molecular formula is C23H30N4O3S2. The number of nitrogens with zero attached hydrogens (tertiary/aromatic N) is 4. The molecule has 2 heterocycles. The molecule has 0 saturated carbocycles. The highest BCUT2D eigenvalue weighted by Crippen LogP contribution is 2.23. The number of carbonyl (C=O) groups excluding carboxylic acids is 1. The van der Waals surface area contributed by atoms with E-state index >= 15 is 0 Å². The molecule has 3 aromatic rings. The van der Waals surface area contributed by atoms with Crippen molar-refractivity contribution >= 4 is 27.3 Å². The fourth-order valence-electron chi connectivity index (χ4n) is 3.58. The summed E-state index contributed by atoms with van der Waals surface area (Å²) >= 11 is 1.68. The predicted molar refractivity (Wildman–Crippen MR) is 127 cm³/mol. The summed E-state index contributed by atoms with van der Waals surface area (Å²) < 4.78 is 28.0. The number of rotatable bonds is 9. The van der Waals surface area contributed by atoms with Gasteiger partial charge < -0.3 is 4.90 Å². The average molecular weight is 475 g/mol. The van der Waals surface area contributed by atoms with Gasteiger partial charge in [0.2, 0.25) is 15.9 Å². The first-order chi connectivity index (χ1) is 15.1. The number of benzene rings is 1. The molecule has 172 valence electrons. The van der Waals surface area contributed by atoms with E-state index in [0.717, 1.165) is 16.9 Å². The Kier molecular flexibility index (Phi) is 7.53. The van der Waals surface area contributed by atoms with Crippen molar-refractivity contribution in [3.8, 4) is 0 Å². The second kappa shape index (κ2) is 9.97. The molecule has 0 atom stereocenters. The molecule has 3 rings (SSSR count). The van der Waals surface area contributed by atoms with Crippen LogP contribution in [-0.2, 0) is 34.3 Å². The van der Waals surface area contributed by atoms with E-state index in [9.17, 15) is 13.2 Å². The molecule has 0 spiro atoms. The Balaban J connectivity index is 1.83. The summed E-state index contributed by atoms with van der Waals surface area (Å²) in [6, 6.07) is 14.2. The van der Waals surface area contributed by atoms with E-state index in [1.165, 1.54) is 28.0 Å². The first-order valence-corrected chi connectivity index (χ1v) is 12.7. The number of sulfonamides is 1. The van der Waals surface area contributed by atoms with Gasteiger partial charge in [-0.15, -0.1) is 11.3 Å². The summed E-state index contributed by atoms with van der Waals surface area (Å²) in [4.78, 5) is 17.6. The largest absolute Gasteiger partial charge is 0.336 e. The lowest BCUT2D eigenvalue weighted by atomic mass is 10.1. The van der Waals surface area contributed by atoms with Crippen molar-refractivity contribution in [2.45, 2.75) is 45.2 Å². The van der Waals surface area contributed by atoms with E-state index in [1.54, 1.807) is 25.2 Å². The number of hydrogen-bond acceptors (Lipinski definition) is 5. The molecule has 0 bridgehead atoms. The van der Waals surface area contributed by atoms with Crippen LogP contribution in [-0.4, -0.2) is 54.0 Å². The first kappa shape index (κ1) is 24.2. The highest BCUT2D eigenvalue weighted by Gasteiger charge is 2.28. The first-order valence-electron chi connectivity index (χ1n) is 10.4. The highest BCUT2D eigenvalue weighted by molar-refractivity contribution is 7.89. The molecule has 0 aliphatic carbocycles. The molecule has 32 heavy (non-hydrogen) atoms. The molecule has 9 heteroatoms. The minimum absolute atomic E-state index is 0.00519. The smallest absolute Gasteiger partial charge is 0.246 e. The molecule has 0 aliphatic rings. The van der Waals surface area contributed by atoms with Crippen LogP contribution in [0.2, 0.25) is 0 Å². The number of hydrogen-bond donors (Lipinski definition) is 0. The van der Waals surface area contributed by atoms with E-state index in [4.69, 9.17) is 0 Å². The van der Waals surface area contributed by atoms with Gasteiger partial charge >= 0.3 is 0 Å². The minimum Gasteiger partial charge on any atom is -0.336 e. The Morgan fingerprint density at radius 2 is 1.75 bits per heavy atom. The standard InChI is InChI=1S/C23H30N4O3S2/c1-17-11-12-21(31-17)15-26(14-13-20-9-7-6-8-10-20)22(28)16-27-19(3)23(18(2)24-27)32(29,30)25(4)5/h6-12H,13-16H2,1-5H3. The molecule has 0 saturated heterocycles. The van der Waals surface area contributed by atoms with Crippen LogP contribution in [0.5, 0.6) is 0 Å². The van der Waals surface area contributed by atoms with Crippen LogP contribution in [0, 0.1) is 20.8 Å². The Bertz CT molecular complexity index is 1180. The zero-order valence-corrected chi connectivity index (χ0v) is 20.8. The van der Waals surface area contributed by atoms with Crippen molar-refractivity contribution in [1.29, 1.82) is 0 Å². The van der Waals surface area contributed by atoms with Crippen molar-refractivity contribution in [3.63, 3.8) is 0 Å². The molecule has 0 fully saturated rings. The number of carbonyl (C=O) groups is 1. The Hall–Kier alpha value is -2.49. The zero-order valence-electron chi connectivity index (χ0n) is 19.2. The molecular weight excluding hydrogens is 444 g/mol. The van der Waals surface area contributed by atoms with Crippen LogP contribution in [0.25, 0.3) is 0 Å². The topological polar surface area (TPSA) is 75.5 Å². The number of thiophene rings is 1. The summed E-state index contributed by atoms with van der Waals surface area (Å²) in [5, 5.41) is 4.38. The van der Waals surface area contributed by atoms with Crippen molar-refractivity contribution in [2.24, 2.45) is 0 Å². The SMILES string of the molecule is Cc1ccc(CN(CCc2ccccc2)C(=O)Cn2nc(C)c(S(=O)(=O)N(C)C)c2C)s1. The van der Waals surface area contributed by atoms with Gasteiger partial charge in [0, 0.05) is 30.4 Å². The van der Waals surface area contributed by atoms with Crippen LogP contribution < -0.4 is 0 Å². The minimum atomic E-state index is -3.64. The quantitative estimate of drug-likeness (QED) is 0.476. The third-order valence-corrected chi connectivity index (χ3v) is 8.40. The maximum Gasteiger partial charge on any atom is 0.246 e. The van der Waals surface area contributed by atoms with Crippen LogP contribution in [0.1, 0.15) is 26.7 Å². The number of amides is 1. The second-order valence-electron chi connectivity index (χ2n) is 8.01. The van der Waals surface area contributed by atoms with Crippen molar-refractivity contribution in [3.05, 3.63) is 69.2 Å². The molecule has 0 unspecified atom stereocenters. The summed E-state index contributed by atoms with van der Waals surface area (Å²) in [6.45, 7) is 6.49.